The Hall–Kier alpha value is -2.70. The normalized spacial score (nSPS) is 14.2. The molecule has 2 heterocycles. The monoisotopic (exact) mass is 341 g/mol. The summed E-state index contributed by atoms with van der Waals surface area (Å²) in [5, 5.41) is 5.62. The summed E-state index contributed by atoms with van der Waals surface area (Å²) in [6.07, 6.45) is 2.34. The Bertz CT molecular complexity index is 805. The molecule has 0 atom stereocenters. The van der Waals surface area contributed by atoms with Crippen molar-refractivity contribution in [2.45, 2.75) is 33.1 Å². The number of hydrogen-bond donors (Lipinski definition) is 2. The predicted octanol–water partition coefficient (Wildman–Crippen LogP) is 2.38. The summed E-state index contributed by atoms with van der Waals surface area (Å²) in [4.78, 5) is 34.3. The maximum atomic E-state index is 12.0. The number of carbonyl (C=O) groups excluding carboxylic acids is 2. The number of urea groups is 1. The maximum absolute atomic E-state index is 12.0. The quantitative estimate of drug-likeness (QED) is 0.818. The van der Waals surface area contributed by atoms with Gasteiger partial charge in [0.25, 0.3) is 0 Å². The molecule has 1 saturated heterocycles. The number of aromatic nitrogens is 2. The van der Waals surface area contributed by atoms with Crippen molar-refractivity contribution in [2.24, 2.45) is 0 Å². The second kappa shape index (κ2) is 7.46. The molecule has 7 heteroatoms. The topological polar surface area (TPSA) is 87.2 Å². The highest BCUT2D eigenvalue weighted by atomic mass is 16.2. The van der Waals surface area contributed by atoms with Gasteiger partial charge < -0.3 is 15.5 Å². The largest absolute Gasteiger partial charge is 0.343 e. The Morgan fingerprint density at radius 2 is 1.96 bits per heavy atom. The van der Waals surface area contributed by atoms with Crippen molar-refractivity contribution in [3.8, 4) is 0 Å². The molecule has 0 bridgehead atoms. The Kier molecular flexibility index (Phi) is 5.11. The molecule has 0 saturated carbocycles. The fourth-order valence-electron chi connectivity index (χ4n) is 2.90. The van der Waals surface area contributed by atoms with Gasteiger partial charge in [0.2, 0.25) is 5.91 Å². The van der Waals surface area contributed by atoms with Gasteiger partial charge in [0.1, 0.15) is 0 Å². The van der Waals surface area contributed by atoms with Gasteiger partial charge in [0.05, 0.1) is 22.4 Å². The van der Waals surface area contributed by atoms with E-state index in [0.717, 1.165) is 41.8 Å². The summed E-state index contributed by atoms with van der Waals surface area (Å²) < 4.78 is 0. The lowest BCUT2D eigenvalue weighted by Crippen LogP contribution is -2.33. The second-order valence-electron chi connectivity index (χ2n) is 6.32. The van der Waals surface area contributed by atoms with Crippen LogP contribution in [0, 0.1) is 13.8 Å². The third-order valence-corrected chi connectivity index (χ3v) is 4.39. The van der Waals surface area contributed by atoms with Gasteiger partial charge >= 0.3 is 6.03 Å². The van der Waals surface area contributed by atoms with E-state index in [1.54, 1.807) is 0 Å². The van der Waals surface area contributed by atoms with Gasteiger partial charge in [0, 0.05) is 31.7 Å². The number of nitrogens with one attached hydrogen (secondary N) is 2. The molecule has 2 N–H and O–H groups in total. The SMILES string of the molecule is Cc1nc2ccc(NC(=O)NCCCN3CCCC3=O)cc2nc1C. The first-order valence-electron chi connectivity index (χ1n) is 8.60. The van der Waals surface area contributed by atoms with Gasteiger partial charge in [-0.15, -0.1) is 0 Å². The molecule has 7 nitrogen and oxygen atoms in total. The fourth-order valence-corrected chi connectivity index (χ4v) is 2.90. The molecule has 0 unspecified atom stereocenters. The minimum Gasteiger partial charge on any atom is -0.343 e. The first-order valence-corrected chi connectivity index (χ1v) is 8.60. The van der Waals surface area contributed by atoms with E-state index in [-0.39, 0.29) is 11.9 Å². The molecule has 132 valence electrons. The maximum Gasteiger partial charge on any atom is 0.319 e. The lowest BCUT2D eigenvalue weighted by molar-refractivity contribution is -0.127. The predicted molar refractivity (Wildman–Crippen MR) is 96.5 cm³/mol. The highest BCUT2D eigenvalue weighted by molar-refractivity contribution is 5.91. The van der Waals surface area contributed by atoms with Crippen LogP contribution in [0.5, 0.6) is 0 Å². The zero-order valence-electron chi connectivity index (χ0n) is 14.6. The lowest BCUT2D eigenvalue weighted by Gasteiger charge is -2.15. The third kappa shape index (κ3) is 4.23. The van der Waals surface area contributed by atoms with Crippen LogP contribution >= 0.6 is 0 Å². The minimum absolute atomic E-state index is 0.215. The average Bonchev–Trinajstić information content (AvgIpc) is 2.98. The number of hydrogen-bond acceptors (Lipinski definition) is 4. The minimum atomic E-state index is -0.260. The summed E-state index contributed by atoms with van der Waals surface area (Å²) in [6.45, 7) is 5.91. The van der Waals surface area contributed by atoms with Gasteiger partial charge in [-0.25, -0.2) is 14.8 Å². The van der Waals surface area contributed by atoms with E-state index in [9.17, 15) is 9.59 Å². The van der Waals surface area contributed by atoms with E-state index < -0.39 is 0 Å². The van der Waals surface area contributed by atoms with E-state index in [1.807, 2.05) is 36.9 Å². The van der Waals surface area contributed by atoms with Gasteiger partial charge in [-0.3, -0.25) is 4.79 Å². The molecule has 1 aromatic carbocycles. The van der Waals surface area contributed by atoms with E-state index in [1.165, 1.54) is 0 Å². The van der Waals surface area contributed by atoms with E-state index >= 15 is 0 Å². The first-order chi connectivity index (χ1) is 12.0. The zero-order chi connectivity index (χ0) is 17.8. The third-order valence-electron chi connectivity index (χ3n) is 4.39. The summed E-state index contributed by atoms with van der Waals surface area (Å²) in [7, 11) is 0. The molecule has 25 heavy (non-hydrogen) atoms. The van der Waals surface area contributed by atoms with Crippen LogP contribution in [0.2, 0.25) is 0 Å². The van der Waals surface area contributed by atoms with Crippen molar-refractivity contribution in [3.05, 3.63) is 29.6 Å². The second-order valence-corrected chi connectivity index (χ2v) is 6.32. The van der Waals surface area contributed by atoms with Crippen LogP contribution in [0.15, 0.2) is 18.2 Å². The Morgan fingerprint density at radius 3 is 2.68 bits per heavy atom. The number of likely N-dealkylation sites (tertiary alicyclic amines) is 1. The summed E-state index contributed by atoms with van der Waals surface area (Å²) in [6, 6.07) is 5.22. The van der Waals surface area contributed by atoms with E-state index in [0.29, 0.717) is 25.2 Å². The fraction of sp³-hybridized carbons (Fsp3) is 0.444. The molecule has 1 aliphatic rings. The first kappa shape index (κ1) is 17.1. The molecule has 1 aromatic heterocycles. The van der Waals surface area contributed by atoms with Crippen molar-refractivity contribution in [1.82, 2.24) is 20.2 Å². The van der Waals surface area contributed by atoms with Crippen LogP contribution in [0.25, 0.3) is 11.0 Å². The van der Waals surface area contributed by atoms with Gasteiger partial charge in [-0.05, 0) is 44.9 Å². The van der Waals surface area contributed by atoms with Crippen molar-refractivity contribution in [2.75, 3.05) is 25.0 Å². The van der Waals surface area contributed by atoms with Gasteiger partial charge in [-0.1, -0.05) is 0 Å². The summed E-state index contributed by atoms with van der Waals surface area (Å²) in [5.74, 6) is 0.215. The van der Waals surface area contributed by atoms with Crippen molar-refractivity contribution in [3.63, 3.8) is 0 Å². The van der Waals surface area contributed by atoms with E-state index in [4.69, 9.17) is 0 Å². The van der Waals surface area contributed by atoms with Crippen molar-refractivity contribution >= 4 is 28.7 Å². The van der Waals surface area contributed by atoms with Gasteiger partial charge in [-0.2, -0.15) is 0 Å². The molecular weight excluding hydrogens is 318 g/mol. The Labute approximate surface area is 146 Å². The Morgan fingerprint density at radius 1 is 1.20 bits per heavy atom. The summed E-state index contributed by atoms with van der Waals surface area (Å²) in [5.41, 5.74) is 4.03. The molecule has 1 fully saturated rings. The number of aryl methyl sites for hydroxylation is 2. The van der Waals surface area contributed by atoms with Crippen molar-refractivity contribution < 1.29 is 9.59 Å². The highest BCUT2D eigenvalue weighted by Gasteiger charge is 2.19. The van der Waals surface area contributed by atoms with Crippen LogP contribution < -0.4 is 10.6 Å². The standard InChI is InChI=1S/C18H23N5O2/c1-12-13(2)21-16-11-14(6-7-15(16)20-12)22-18(25)19-8-4-10-23-9-3-5-17(23)24/h6-7,11H,3-5,8-10H2,1-2H3,(H2,19,22,25). The lowest BCUT2D eigenvalue weighted by atomic mass is 10.2. The number of carbonyl (C=O) groups is 2. The zero-order valence-corrected chi connectivity index (χ0v) is 14.6. The van der Waals surface area contributed by atoms with Crippen LogP contribution in [0.4, 0.5) is 10.5 Å². The van der Waals surface area contributed by atoms with Crippen LogP contribution in [-0.4, -0.2) is 46.4 Å². The number of benzene rings is 1. The van der Waals surface area contributed by atoms with E-state index in [2.05, 4.69) is 20.6 Å². The van der Waals surface area contributed by atoms with Crippen LogP contribution in [0.1, 0.15) is 30.7 Å². The molecule has 3 rings (SSSR count). The Balaban J connectivity index is 1.49. The van der Waals surface area contributed by atoms with Crippen LogP contribution in [0.3, 0.4) is 0 Å². The number of amides is 3. The molecular formula is C18H23N5O2. The smallest absolute Gasteiger partial charge is 0.319 e. The molecule has 2 aromatic rings. The number of anilines is 1. The molecule has 1 aliphatic heterocycles. The average molecular weight is 341 g/mol. The molecule has 3 amide bonds. The van der Waals surface area contributed by atoms with Crippen molar-refractivity contribution in [1.29, 1.82) is 0 Å². The number of fused-ring (bicyclic) bond motifs is 1. The number of nitrogens with zero attached hydrogens (tertiary/aromatic N) is 3. The highest BCUT2D eigenvalue weighted by Crippen LogP contribution is 2.17. The molecule has 0 spiro atoms. The summed E-state index contributed by atoms with van der Waals surface area (Å²) >= 11 is 0. The van der Waals surface area contributed by atoms with Gasteiger partial charge in [0.15, 0.2) is 0 Å². The number of rotatable bonds is 5. The molecule has 0 radical (unpaired) electrons. The van der Waals surface area contributed by atoms with Crippen LogP contribution in [-0.2, 0) is 4.79 Å². The molecule has 0 aliphatic carbocycles.